The fourth-order valence-corrected chi connectivity index (χ4v) is 1.59. The van der Waals surface area contributed by atoms with Gasteiger partial charge in [-0.15, -0.1) is 0 Å². The van der Waals surface area contributed by atoms with Crippen LogP contribution >= 0.6 is 12.6 Å². The summed E-state index contributed by atoms with van der Waals surface area (Å²) in [5.74, 6) is -1.33. The summed E-state index contributed by atoms with van der Waals surface area (Å²) in [5, 5.41) is 11.5. The van der Waals surface area contributed by atoms with Crippen molar-refractivity contribution in [3.63, 3.8) is 0 Å². The van der Waals surface area contributed by atoms with Crippen molar-refractivity contribution in [1.82, 2.24) is 5.32 Å². The number of nitrogens with one attached hydrogen (secondary N) is 1. The predicted octanol–water partition coefficient (Wildman–Crippen LogP) is 1.69. The second-order valence-corrected chi connectivity index (χ2v) is 4.34. The highest BCUT2D eigenvalue weighted by Gasteiger charge is 2.18. The third-order valence-electron chi connectivity index (χ3n) is 2.07. The summed E-state index contributed by atoms with van der Waals surface area (Å²) in [5.41, 5.74) is 0.647. The molecular formula is C11H14FNO2S. The first kappa shape index (κ1) is 13.0. The lowest BCUT2D eigenvalue weighted by atomic mass is 10.1. The van der Waals surface area contributed by atoms with Gasteiger partial charge in [-0.3, -0.25) is 10.1 Å². The van der Waals surface area contributed by atoms with E-state index in [-0.39, 0.29) is 17.6 Å². The van der Waals surface area contributed by atoms with Gasteiger partial charge in [0.25, 0.3) is 0 Å². The Hall–Kier alpha value is -1.07. The van der Waals surface area contributed by atoms with E-state index in [1.807, 2.05) is 0 Å². The minimum absolute atomic E-state index is 0.227. The minimum Gasteiger partial charge on any atom is -0.480 e. The molecule has 0 aromatic heterocycles. The number of thiol groups is 1. The summed E-state index contributed by atoms with van der Waals surface area (Å²) in [6.07, 6.45) is 0.234. The highest BCUT2D eigenvalue weighted by atomic mass is 32.1. The maximum atomic E-state index is 12.9. The lowest BCUT2D eigenvalue weighted by Gasteiger charge is -2.16. The Labute approximate surface area is 99.1 Å². The van der Waals surface area contributed by atoms with Crippen LogP contribution in [-0.2, 0) is 11.2 Å². The molecule has 88 valence electrons. The van der Waals surface area contributed by atoms with E-state index >= 15 is 0 Å². The number of halogens is 1. The minimum atomic E-state index is -0.967. The van der Waals surface area contributed by atoms with Crippen LogP contribution in [-0.4, -0.2) is 22.5 Å². The molecule has 0 saturated carbocycles. The van der Waals surface area contributed by atoms with E-state index in [0.29, 0.717) is 5.56 Å². The first-order valence-corrected chi connectivity index (χ1v) is 5.42. The number of hydrogen-bond acceptors (Lipinski definition) is 3. The van der Waals surface area contributed by atoms with Gasteiger partial charge in [0.15, 0.2) is 0 Å². The molecule has 16 heavy (non-hydrogen) atoms. The number of carboxylic acids is 1. The zero-order chi connectivity index (χ0) is 12.1. The summed E-state index contributed by atoms with van der Waals surface area (Å²) in [4.78, 5) is 10.9. The average Bonchev–Trinajstić information content (AvgIpc) is 2.15. The lowest BCUT2D eigenvalue weighted by molar-refractivity contribution is -0.139. The van der Waals surface area contributed by atoms with Crippen LogP contribution in [0.1, 0.15) is 12.5 Å². The Morgan fingerprint density at radius 1 is 1.62 bits per heavy atom. The largest absolute Gasteiger partial charge is 0.480 e. The van der Waals surface area contributed by atoms with Crippen LogP contribution < -0.4 is 5.32 Å². The van der Waals surface area contributed by atoms with Crippen molar-refractivity contribution >= 4 is 18.6 Å². The standard InChI is InChI=1S/C11H14FNO2S/c1-7(16)13-10(11(14)15)6-8-3-2-4-9(12)5-8/h2-5,7,10,13,16H,6H2,1H3,(H,14,15)/t7?,10-/m0/s1. The first-order valence-electron chi connectivity index (χ1n) is 4.90. The van der Waals surface area contributed by atoms with Gasteiger partial charge in [0.2, 0.25) is 0 Å². The molecule has 2 N–H and O–H groups in total. The molecule has 1 aromatic rings. The number of benzene rings is 1. The van der Waals surface area contributed by atoms with E-state index in [2.05, 4.69) is 17.9 Å². The van der Waals surface area contributed by atoms with Crippen molar-refractivity contribution in [3.05, 3.63) is 35.6 Å². The summed E-state index contributed by atoms with van der Waals surface area (Å²) < 4.78 is 12.9. The maximum Gasteiger partial charge on any atom is 0.321 e. The highest BCUT2D eigenvalue weighted by Crippen LogP contribution is 2.07. The number of aliphatic carboxylic acids is 1. The molecule has 2 atom stereocenters. The van der Waals surface area contributed by atoms with Gasteiger partial charge in [-0.2, -0.15) is 12.6 Å². The van der Waals surface area contributed by atoms with Crippen LogP contribution in [0.4, 0.5) is 4.39 Å². The molecule has 0 amide bonds. The molecule has 3 nitrogen and oxygen atoms in total. The van der Waals surface area contributed by atoms with Crippen LogP contribution in [0.3, 0.4) is 0 Å². The Balaban J connectivity index is 2.71. The van der Waals surface area contributed by atoms with Gasteiger partial charge in [0.1, 0.15) is 11.9 Å². The van der Waals surface area contributed by atoms with E-state index in [1.165, 1.54) is 12.1 Å². The molecule has 1 unspecified atom stereocenters. The van der Waals surface area contributed by atoms with Crippen LogP contribution in [0.25, 0.3) is 0 Å². The van der Waals surface area contributed by atoms with Crippen LogP contribution in [0, 0.1) is 5.82 Å². The summed E-state index contributed by atoms with van der Waals surface area (Å²) in [6, 6.07) is 5.17. The number of carbonyl (C=O) groups is 1. The molecule has 0 heterocycles. The highest BCUT2D eigenvalue weighted by molar-refractivity contribution is 7.80. The molecule has 0 aliphatic rings. The Morgan fingerprint density at radius 3 is 2.81 bits per heavy atom. The first-order chi connectivity index (χ1) is 7.49. The fraction of sp³-hybridized carbons (Fsp3) is 0.364. The van der Waals surface area contributed by atoms with Crippen molar-refractivity contribution < 1.29 is 14.3 Å². The predicted molar refractivity (Wildman–Crippen MR) is 63.1 cm³/mol. The molecule has 1 aromatic carbocycles. The van der Waals surface area contributed by atoms with Gasteiger partial charge in [-0.1, -0.05) is 12.1 Å². The quantitative estimate of drug-likeness (QED) is 0.545. The van der Waals surface area contributed by atoms with Crippen molar-refractivity contribution in [1.29, 1.82) is 0 Å². The molecule has 1 rings (SSSR count). The van der Waals surface area contributed by atoms with E-state index in [4.69, 9.17) is 5.11 Å². The van der Waals surface area contributed by atoms with Gasteiger partial charge in [0.05, 0.1) is 0 Å². The smallest absolute Gasteiger partial charge is 0.321 e. The van der Waals surface area contributed by atoms with E-state index in [0.717, 1.165) is 0 Å². The average molecular weight is 243 g/mol. The van der Waals surface area contributed by atoms with E-state index < -0.39 is 12.0 Å². The topological polar surface area (TPSA) is 49.3 Å². The third kappa shape index (κ3) is 4.20. The maximum absolute atomic E-state index is 12.9. The van der Waals surface area contributed by atoms with E-state index in [9.17, 15) is 9.18 Å². The second-order valence-electron chi connectivity index (χ2n) is 3.57. The SMILES string of the molecule is CC(S)N[C@@H](Cc1cccc(F)c1)C(=O)O. The van der Waals surface area contributed by atoms with Crippen molar-refractivity contribution in [2.45, 2.75) is 24.8 Å². The second kappa shape index (κ2) is 5.86. The third-order valence-corrected chi connectivity index (χ3v) is 2.22. The van der Waals surface area contributed by atoms with Crippen LogP contribution in [0.2, 0.25) is 0 Å². The Kier molecular flexibility index (Phi) is 4.76. The van der Waals surface area contributed by atoms with Crippen LogP contribution in [0.5, 0.6) is 0 Å². The molecule has 0 fully saturated rings. The molecule has 0 aliphatic heterocycles. The van der Waals surface area contributed by atoms with Crippen molar-refractivity contribution in [2.24, 2.45) is 0 Å². The fourth-order valence-electron chi connectivity index (χ4n) is 1.41. The summed E-state index contributed by atoms with van der Waals surface area (Å²) in [6.45, 7) is 1.74. The molecule has 0 saturated heterocycles. The van der Waals surface area contributed by atoms with Gasteiger partial charge in [-0.05, 0) is 31.0 Å². The van der Waals surface area contributed by atoms with Crippen molar-refractivity contribution in [2.75, 3.05) is 0 Å². The number of rotatable bonds is 5. The number of carboxylic acid groups (broad SMARTS) is 1. The monoisotopic (exact) mass is 243 g/mol. The Morgan fingerprint density at radius 2 is 2.31 bits per heavy atom. The summed E-state index contributed by atoms with van der Waals surface area (Å²) >= 11 is 4.07. The van der Waals surface area contributed by atoms with Gasteiger partial charge in [0, 0.05) is 5.37 Å². The lowest BCUT2D eigenvalue weighted by Crippen LogP contribution is -2.41. The summed E-state index contributed by atoms with van der Waals surface area (Å²) in [7, 11) is 0. The number of hydrogen-bond donors (Lipinski definition) is 3. The molecule has 0 bridgehead atoms. The Bertz CT molecular complexity index is 371. The molecule has 5 heteroatoms. The van der Waals surface area contributed by atoms with Crippen LogP contribution in [0.15, 0.2) is 24.3 Å². The normalized spacial score (nSPS) is 14.4. The zero-order valence-corrected chi connectivity index (χ0v) is 9.75. The molecule has 0 radical (unpaired) electrons. The van der Waals surface area contributed by atoms with E-state index in [1.54, 1.807) is 19.1 Å². The molecule has 0 aliphatic carbocycles. The van der Waals surface area contributed by atoms with Gasteiger partial charge >= 0.3 is 5.97 Å². The zero-order valence-electron chi connectivity index (χ0n) is 8.85. The molecular weight excluding hydrogens is 229 g/mol. The van der Waals surface area contributed by atoms with Crippen molar-refractivity contribution in [3.8, 4) is 0 Å². The van der Waals surface area contributed by atoms with Gasteiger partial charge in [-0.25, -0.2) is 4.39 Å². The molecule has 0 spiro atoms. The van der Waals surface area contributed by atoms with Gasteiger partial charge < -0.3 is 5.11 Å².